The maximum Gasteiger partial charge on any atom is 0.317 e. The highest BCUT2D eigenvalue weighted by Crippen LogP contribution is 2.08. The second-order valence-corrected chi connectivity index (χ2v) is 4.29. The molecule has 1 rings (SSSR count). The summed E-state index contributed by atoms with van der Waals surface area (Å²) in [5, 5.41) is 10.6. The van der Waals surface area contributed by atoms with E-state index in [4.69, 9.17) is 5.11 Å². The first-order chi connectivity index (χ1) is 8.09. The highest BCUT2D eigenvalue weighted by molar-refractivity contribution is 7.81. The van der Waals surface area contributed by atoms with Gasteiger partial charge in [0.2, 0.25) is 0 Å². The predicted octanol–water partition coefficient (Wildman–Crippen LogP) is 0.771. The van der Waals surface area contributed by atoms with E-state index in [1.165, 1.54) is 0 Å². The maximum atomic E-state index is 11.6. The fourth-order valence-corrected chi connectivity index (χ4v) is 1.66. The third-order valence-electron chi connectivity index (χ3n) is 2.22. The number of benzene rings is 1. The van der Waals surface area contributed by atoms with Crippen LogP contribution in [0.2, 0.25) is 0 Å². The van der Waals surface area contributed by atoms with Gasteiger partial charge in [-0.05, 0) is 12.0 Å². The third kappa shape index (κ3) is 5.51. The van der Waals surface area contributed by atoms with Crippen molar-refractivity contribution in [3.8, 4) is 0 Å². The minimum Gasteiger partial charge on any atom is -0.480 e. The molecule has 0 fully saturated rings. The molecule has 0 radical (unpaired) electrons. The number of rotatable bonds is 7. The molecule has 2 N–H and O–H groups in total. The molecule has 1 unspecified atom stereocenters. The van der Waals surface area contributed by atoms with Crippen molar-refractivity contribution >= 4 is 24.4 Å². The van der Waals surface area contributed by atoms with Crippen molar-refractivity contribution in [2.24, 2.45) is 0 Å². The smallest absolute Gasteiger partial charge is 0.317 e. The van der Waals surface area contributed by atoms with Crippen LogP contribution in [-0.4, -0.2) is 35.2 Å². The van der Waals surface area contributed by atoms with Crippen molar-refractivity contribution in [2.75, 3.05) is 13.1 Å². The van der Waals surface area contributed by atoms with Crippen LogP contribution in [0.1, 0.15) is 5.56 Å². The molecule has 0 aliphatic rings. The van der Waals surface area contributed by atoms with Gasteiger partial charge < -0.3 is 10.4 Å². The molecular formula is C12H15NO3S. The van der Waals surface area contributed by atoms with Crippen LogP contribution in [0, 0.1) is 0 Å². The fourth-order valence-electron chi connectivity index (χ4n) is 1.36. The summed E-state index contributed by atoms with van der Waals surface area (Å²) in [6.07, 6.45) is 0.553. The van der Waals surface area contributed by atoms with Gasteiger partial charge in [0.05, 0.1) is 18.3 Å². The average Bonchev–Trinajstić information content (AvgIpc) is 2.29. The van der Waals surface area contributed by atoms with Gasteiger partial charge in [0.1, 0.15) is 0 Å². The summed E-state index contributed by atoms with van der Waals surface area (Å²) in [4.78, 5) is 21.8. The number of ketones is 1. The first kappa shape index (κ1) is 13.7. The SMILES string of the molecule is O=C(O)CNCC(=O)C(S)Cc1ccccc1. The van der Waals surface area contributed by atoms with Gasteiger partial charge in [0.25, 0.3) is 0 Å². The molecule has 0 aliphatic heterocycles. The summed E-state index contributed by atoms with van der Waals surface area (Å²) in [5.41, 5.74) is 1.04. The zero-order chi connectivity index (χ0) is 12.7. The van der Waals surface area contributed by atoms with Gasteiger partial charge in [-0.25, -0.2) is 0 Å². The van der Waals surface area contributed by atoms with Crippen molar-refractivity contribution in [3.63, 3.8) is 0 Å². The Balaban J connectivity index is 2.34. The number of carboxylic acids is 1. The lowest BCUT2D eigenvalue weighted by molar-refractivity contribution is -0.135. The van der Waals surface area contributed by atoms with Gasteiger partial charge in [0, 0.05) is 0 Å². The Bertz CT molecular complexity index is 381. The molecule has 1 aromatic carbocycles. The Morgan fingerprint density at radius 2 is 1.88 bits per heavy atom. The standard InChI is InChI=1S/C12H15NO3S/c14-10(7-13-8-12(15)16)11(17)6-9-4-2-1-3-5-9/h1-5,11,13,17H,6-8H2,(H,15,16). The lowest BCUT2D eigenvalue weighted by Crippen LogP contribution is -2.33. The summed E-state index contributed by atoms with van der Waals surface area (Å²) in [7, 11) is 0. The van der Waals surface area contributed by atoms with E-state index in [2.05, 4.69) is 17.9 Å². The van der Waals surface area contributed by atoms with Crippen molar-refractivity contribution < 1.29 is 14.7 Å². The van der Waals surface area contributed by atoms with E-state index in [1.54, 1.807) is 0 Å². The number of carbonyl (C=O) groups excluding carboxylic acids is 1. The lowest BCUT2D eigenvalue weighted by Gasteiger charge is -2.09. The summed E-state index contributed by atoms with van der Waals surface area (Å²) < 4.78 is 0. The van der Waals surface area contributed by atoms with Crippen molar-refractivity contribution in [1.82, 2.24) is 5.32 Å². The summed E-state index contributed by atoms with van der Waals surface area (Å²) >= 11 is 4.22. The second kappa shape index (κ2) is 7.09. The van der Waals surface area contributed by atoms with Crippen molar-refractivity contribution in [1.29, 1.82) is 0 Å². The summed E-state index contributed by atoms with van der Waals surface area (Å²) in [6.45, 7) is -0.176. The Morgan fingerprint density at radius 1 is 1.24 bits per heavy atom. The topological polar surface area (TPSA) is 66.4 Å². The third-order valence-corrected chi connectivity index (χ3v) is 2.69. The zero-order valence-corrected chi connectivity index (χ0v) is 10.2. The highest BCUT2D eigenvalue weighted by Gasteiger charge is 2.14. The normalized spacial score (nSPS) is 12.1. The van der Waals surface area contributed by atoms with Gasteiger partial charge in [-0.2, -0.15) is 12.6 Å². The van der Waals surface area contributed by atoms with Gasteiger partial charge in [-0.15, -0.1) is 0 Å². The number of carbonyl (C=O) groups is 2. The number of thiol groups is 1. The van der Waals surface area contributed by atoms with Crippen LogP contribution in [0.4, 0.5) is 0 Å². The first-order valence-corrected chi connectivity index (χ1v) is 5.78. The van der Waals surface area contributed by atoms with Gasteiger partial charge in [0.15, 0.2) is 5.78 Å². The van der Waals surface area contributed by atoms with Crippen LogP contribution in [-0.2, 0) is 16.0 Å². The van der Waals surface area contributed by atoms with E-state index in [0.717, 1.165) is 5.56 Å². The molecule has 0 heterocycles. The van der Waals surface area contributed by atoms with Gasteiger partial charge >= 0.3 is 5.97 Å². The van der Waals surface area contributed by atoms with Crippen molar-refractivity contribution in [2.45, 2.75) is 11.7 Å². The molecule has 0 aliphatic carbocycles. The molecule has 0 saturated carbocycles. The van der Waals surface area contributed by atoms with Crippen LogP contribution < -0.4 is 5.32 Å². The molecule has 1 aromatic rings. The molecule has 4 nitrogen and oxygen atoms in total. The van der Waals surface area contributed by atoms with Crippen LogP contribution in [0.25, 0.3) is 0 Å². The van der Waals surface area contributed by atoms with Crippen LogP contribution in [0.15, 0.2) is 30.3 Å². The van der Waals surface area contributed by atoms with E-state index in [1.807, 2.05) is 30.3 Å². The molecular weight excluding hydrogens is 238 g/mol. The predicted molar refractivity (Wildman–Crippen MR) is 68.4 cm³/mol. The largest absolute Gasteiger partial charge is 0.480 e. The van der Waals surface area contributed by atoms with Gasteiger partial charge in [-0.1, -0.05) is 30.3 Å². The van der Waals surface area contributed by atoms with E-state index in [9.17, 15) is 9.59 Å². The van der Waals surface area contributed by atoms with Crippen LogP contribution in [0.3, 0.4) is 0 Å². The second-order valence-electron chi connectivity index (χ2n) is 3.67. The van der Waals surface area contributed by atoms with E-state index >= 15 is 0 Å². The number of hydrogen-bond donors (Lipinski definition) is 3. The Hall–Kier alpha value is -1.33. The molecule has 0 aromatic heterocycles. The average molecular weight is 253 g/mol. The lowest BCUT2D eigenvalue weighted by atomic mass is 10.1. The monoisotopic (exact) mass is 253 g/mol. The number of Topliss-reactive ketones (excluding diaryl/α,β-unsaturated/α-hetero) is 1. The first-order valence-electron chi connectivity index (χ1n) is 5.27. The quantitative estimate of drug-likeness (QED) is 0.628. The number of nitrogens with one attached hydrogen (secondary N) is 1. The maximum absolute atomic E-state index is 11.6. The highest BCUT2D eigenvalue weighted by atomic mass is 32.1. The Morgan fingerprint density at radius 3 is 2.47 bits per heavy atom. The molecule has 0 saturated heterocycles. The molecule has 17 heavy (non-hydrogen) atoms. The zero-order valence-electron chi connectivity index (χ0n) is 9.30. The number of aliphatic carboxylic acids is 1. The summed E-state index contributed by atoms with van der Waals surface area (Å²) in [6, 6.07) is 9.58. The minimum atomic E-state index is -0.975. The Kier molecular flexibility index (Phi) is 5.72. The molecule has 0 amide bonds. The van der Waals surface area contributed by atoms with Gasteiger partial charge in [-0.3, -0.25) is 9.59 Å². The van der Waals surface area contributed by atoms with Crippen molar-refractivity contribution in [3.05, 3.63) is 35.9 Å². The number of hydrogen-bond acceptors (Lipinski definition) is 4. The molecule has 1 atom stereocenters. The molecule has 0 bridgehead atoms. The molecule has 92 valence electrons. The molecule has 5 heteroatoms. The van der Waals surface area contributed by atoms with Crippen LogP contribution >= 0.6 is 12.6 Å². The van der Waals surface area contributed by atoms with Crippen LogP contribution in [0.5, 0.6) is 0 Å². The van der Waals surface area contributed by atoms with E-state index in [0.29, 0.717) is 6.42 Å². The minimum absolute atomic E-state index is 0.0350. The number of carboxylic acid groups (broad SMARTS) is 1. The Labute approximate surface area is 105 Å². The summed E-state index contributed by atoms with van der Waals surface area (Å²) in [5.74, 6) is -1.07. The van der Waals surface area contributed by atoms with E-state index < -0.39 is 11.2 Å². The fraction of sp³-hybridized carbons (Fsp3) is 0.333. The molecule has 0 spiro atoms. The van der Waals surface area contributed by atoms with E-state index in [-0.39, 0.29) is 18.9 Å².